The van der Waals surface area contributed by atoms with Crippen molar-refractivity contribution in [3.8, 4) is 0 Å². The van der Waals surface area contributed by atoms with Crippen molar-refractivity contribution < 1.29 is 13.8 Å². The van der Waals surface area contributed by atoms with Gasteiger partial charge in [0.1, 0.15) is 5.76 Å². The van der Waals surface area contributed by atoms with Crippen LogP contribution in [0.3, 0.4) is 0 Å². The number of likely N-dealkylation sites (tertiary alicyclic amines) is 1. The summed E-state index contributed by atoms with van der Waals surface area (Å²) in [5.41, 5.74) is 1.46. The monoisotopic (exact) mass is 427 g/mol. The van der Waals surface area contributed by atoms with Gasteiger partial charge in [0, 0.05) is 44.0 Å². The smallest absolute Gasteiger partial charge is 0.228 e. The molecule has 168 valence electrons. The largest absolute Gasteiger partial charge is 0.361 e. The summed E-state index contributed by atoms with van der Waals surface area (Å²) >= 11 is 0. The lowest BCUT2D eigenvalue weighted by Crippen LogP contribution is -2.39. The molecule has 0 aromatic carbocycles. The highest BCUT2D eigenvalue weighted by Crippen LogP contribution is 2.58. The molecule has 8 nitrogen and oxygen atoms in total. The normalized spacial score (nSPS) is 30.3. The number of carbonyl (C=O) groups is 1. The molecule has 2 aliphatic carbocycles. The highest BCUT2D eigenvalue weighted by molar-refractivity contribution is 5.78. The first-order chi connectivity index (χ1) is 15.0. The van der Waals surface area contributed by atoms with Gasteiger partial charge in [0.2, 0.25) is 11.8 Å². The molecule has 31 heavy (non-hydrogen) atoms. The second kappa shape index (κ2) is 8.37. The van der Waals surface area contributed by atoms with Gasteiger partial charge in [0.25, 0.3) is 0 Å². The molecular weight excluding hydrogens is 394 g/mol. The first-order valence-corrected chi connectivity index (χ1v) is 11.8. The van der Waals surface area contributed by atoms with E-state index in [4.69, 9.17) is 9.05 Å². The number of nitrogens with one attached hydrogen (secondary N) is 1. The Kier molecular flexibility index (Phi) is 5.58. The molecule has 5 rings (SSSR count). The Balaban J connectivity index is 1.02. The highest BCUT2D eigenvalue weighted by atomic mass is 16.5. The summed E-state index contributed by atoms with van der Waals surface area (Å²) in [6.45, 7) is 7.36. The molecule has 2 atom stereocenters. The van der Waals surface area contributed by atoms with Gasteiger partial charge in [0.05, 0.1) is 12.1 Å². The molecule has 2 aromatic rings. The average molecular weight is 428 g/mol. The van der Waals surface area contributed by atoms with Crippen molar-refractivity contribution in [1.29, 1.82) is 0 Å². The number of amides is 1. The minimum Gasteiger partial charge on any atom is -0.361 e. The quantitative estimate of drug-likeness (QED) is 0.692. The van der Waals surface area contributed by atoms with Crippen LogP contribution in [0.2, 0.25) is 0 Å². The fraction of sp³-hybridized carbons (Fsp3) is 0.739. The Labute approximate surface area is 183 Å². The number of piperidine rings is 1. The molecule has 0 spiro atoms. The number of rotatable bonds is 8. The average Bonchev–Trinajstić information content (AvgIpc) is 3.17. The van der Waals surface area contributed by atoms with E-state index in [9.17, 15) is 4.79 Å². The molecular formula is C23H33N5O3. The molecule has 1 N–H and O–H groups in total. The predicted octanol–water partition coefficient (Wildman–Crippen LogP) is 2.81. The Morgan fingerprint density at radius 3 is 2.81 bits per heavy atom. The number of aryl methyl sites for hydroxylation is 2. The van der Waals surface area contributed by atoms with Gasteiger partial charge in [0.15, 0.2) is 5.82 Å². The van der Waals surface area contributed by atoms with Crippen LogP contribution >= 0.6 is 0 Å². The molecule has 1 aliphatic heterocycles. The van der Waals surface area contributed by atoms with Gasteiger partial charge in [-0.05, 0) is 56.9 Å². The van der Waals surface area contributed by atoms with Crippen molar-refractivity contribution in [1.82, 2.24) is 25.5 Å². The van der Waals surface area contributed by atoms with Gasteiger partial charge in [-0.25, -0.2) is 0 Å². The van der Waals surface area contributed by atoms with Crippen LogP contribution in [0.25, 0.3) is 0 Å². The minimum atomic E-state index is -0.00933. The summed E-state index contributed by atoms with van der Waals surface area (Å²) in [5, 5.41) is 11.3. The topological polar surface area (TPSA) is 97.3 Å². The number of hydrogen-bond donors (Lipinski definition) is 1. The predicted molar refractivity (Wildman–Crippen MR) is 113 cm³/mol. The van der Waals surface area contributed by atoms with Crippen LogP contribution in [-0.4, -0.2) is 51.8 Å². The number of aromatic nitrogens is 3. The van der Waals surface area contributed by atoms with Crippen LogP contribution in [0.15, 0.2) is 15.1 Å². The lowest BCUT2D eigenvalue weighted by molar-refractivity contribution is -0.121. The van der Waals surface area contributed by atoms with E-state index in [0.717, 1.165) is 43.4 Å². The first kappa shape index (κ1) is 20.7. The van der Waals surface area contributed by atoms with Gasteiger partial charge < -0.3 is 19.3 Å². The Morgan fingerprint density at radius 1 is 1.26 bits per heavy atom. The lowest BCUT2D eigenvalue weighted by Gasteiger charge is -2.30. The molecule has 3 heterocycles. The highest BCUT2D eigenvalue weighted by Gasteiger charge is 2.62. The van der Waals surface area contributed by atoms with E-state index in [1.165, 1.54) is 44.5 Å². The number of carbonyl (C=O) groups excluding carboxylic acids is 1. The summed E-state index contributed by atoms with van der Waals surface area (Å²) in [4.78, 5) is 19.0. The summed E-state index contributed by atoms with van der Waals surface area (Å²) in [5.74, 6) is 3.48. The molecule has 1 saturated heterocycles. The van der Waals surface area contributed by atoms with Gasteiger partial charge in [-0.2, -0.15) is 4.98 Å². The first-order valence-electron chi connectivity index (χ1n) is 11.8. The molecule has 0 unspecified atom stereocenters. The SMILES string of the molecule is CCc1cc([C@]23C[C@H]2CN(CCC2CCC(NC(=O)Cc4noc(C)n4)CC2)C3)no1. The van der Waals surface area contributed by atoms with E-state index in [-0.39, 0.29) is 23.8 Å². The summed E-state index contributed by atoms with van der Waals surface area (Å²) in [6.07, 6.45) is 8.14. The van der Waals surface area contributed by atoms with Crippen molar-refractivity contribution in [2.24, 2.45) is 11.8 Å². The fourth-order valence-electron chi connectivity index (χ4n) is 5.66. The summed E-state index contributed by atoms with van der Waals surface area (Å²) in [6, 6.07) is 2.46. The van der Waals surface area contributed by atoms with E-state index in [2.05, 4.69) is 38.5 Å². The van der Waals surface area contributed by atoms with E-state index in [0.29, 0.717) is 11.7 Å². The Hall–Kier alpha value is -2.22. The van der Waals surface area contributed by atoms with E-state index >= 15 is 0 Å². The Morgan fingerprint density at radius 2 is 2.10 bits per heavy atom. The third kappa shape index (κ3) is 4.40. The zero-order valence-corrected chi connectivity index (χ0v) is 18.6. The van der Waals surface area contributed by atoms with Crippen LogP contribution in [0.1, 0.15) is 68.6 Å². The Bertz CT molecular complexity index is 916. The van der Waals surface area contributed by atoms with Crippen molar-refractivity contribution in [2.75, 3.05) is 19.6 Å². The van der Waals surface area contributed by atoms with E-state index in [1.807, 2.05) is 0 Å². The van der Waals surface area contributed by atoms with Crippen molar-refractivity contribution in [3.63, 3.8) is 0 Å². The molecule has 8 heteroatoms. The van der Waals surface area contributed by atoms with E-state index in [1.54, 1.807) is 6.92 Å². The fourth-order valence-corrected chi connectivity index (χ4v) is 5.66. The zero-order chi connectivity index (χ0) is 21.4. The second-order valence-electron chi connectivity index (χ2n) is 9.80. The molecule has 3 fully saturated rings. The molecule has 2 aromatic heterocycles. The maximum absolute atomic E-state index is 12.2. The second-order valence-corrected chi connectivity index (χ2v) is 9.80. The molecule has 3 aliphatic rings. The summed E-state index contributed by atoms with van der Waals surface area (Å²) in [7, 11) is 0. The number of nitrogens with zero attached hydrogens (tertiary/aromatic N) is 4. The van der Waals surface area contributed by atoms with Crippen molar-refractivity contribution in [2.45, 2.75) is 76.7 Å². The maximum atomic E-state index is 12.2. The lowest BCUT2D eigenvalue weighted by atomic mass is 9.84. The number of fused-ring (bicyclic) bond motifs is 1. The number of hydrogen-bond acceptors (Lipinski definition) is 7. The van der Waals surface area contributed by atoms with Crippen LogP contribution in [0.4, 0.5) is 0 Å². The van der Waals surface area contributed by atoms with Crippen LogP contribution < -0.4 is 5.32 Å². The standard InChI is InChI=1S/C23H33N5O3/c1-3-19-10-20(26-31-19)23-12-17(23)13-28(14-23)9-8-16-4-6-18(7-5-16)25-22(29)11-21-24-15(2)30-27-21/h10,16-18H,3-9,11-14H2,1-2H3,(H,25,29)/t16?,17-,18?,23-/m0/s1. The van der Waals surface area contributed by atoms with Crippen LogP contribution in [0.5, 0.6) is 0 Å². The van der Waals surface area contributed by atoms with Gasteiger partial charge in [-0.1, -0.05) is 17.2 Å². The van der Waals surface area contributed by atoms with Crippen LogP contribution in [-0.2, 0) is 23.1 Å². The maximum Gasteiger partial charge on any atom is 0.228 e. The molecule has 0 bridgehead atoms. The van der Waals surface area contributed by atoms with Crippen molar-refractivity contribution in [3.05, 3.63) is 29.2 Å². The van der Waals surface area contributed by atoms with Crippen molar-refractivity contribution >= 4 is 5.91 Å². The third-order valence-corrected chi connectivity index (χ3v) is 7.59. The summed E-state index contributed by atoms with van der Waals surface area (Å²) < 4.78 is 10.4. The molecule has 2 saturated carbocycles. The van der Waals surface area contributed by atoms with E-state index < -0.39 is 0 Å². The molecule has 1 amide bonds. The van der Waals surface area contributed by atoms with Crippen LogP contribution in [0, 0.1) is 18.8 Å². The third-order valence-electron chi connectivity index (χ3n) is 7.59. The minimum absolute atomic E-state index is 0.00933. The van der Waals surface area contributed by atoms with Gasteiger partial charge in [-0.3, -0.25) is 4.79 Å². The van der Waals surface area contributed by atoms with Gasteiger partial charge >= 0.3 is 0 Å². The molecule has 0 radical (unpaired) electrons. The zero-order valence-electron chi connectivity index (χ0n) is 18.6. The van der Waals surface area contributed by atoms with Gasteiger partial charge in [-0.15, -0.1) is 0 Å².